The Morgan fingerprint density at radius 3 is 2.78 bits per heavy atom. The molecule has 2 aliphatic heterocycles. The van der Waals surface area contributed by atoms with Gasteiger partial charge in [-0.3, -0.25) is 4.79 Å². The standard InChI is InChI=1S/C19H21N5O3/c20-15-8-12(11-3-5-24(6-4-11)19(26)27)1-2-16(15)22-14-7-13-9-17(25)23-18(13)21-10-14/h1-2,7-8,10-11,22H,3-6,9,20H2,(H,26,27)(H,21,23,25). The number of fused-ring (bicyclic) bond motifs is 1. The lowest BCUT2D eigenvalue weighted by Gasteiger charge is -2.30. The zero-order valence-corrected chi connectivity index (χ0v) is 14.7. The number of hydrogen-bond acceptors (Lipinski definition) is 5. The number of nitrogens with zero attached hydrogens (tertiary/aromatic N) is 2. The second-order valence-corrected chi connectivity index (χ2v) is 6.97. The van der Waals surface area contributed by atoms with Crippen molar-refractivity contribution in [2.75, 3.05) is 29.5 Å². The van der Waals surface area contributed by atoms with Crippen LogP contribution in [0.5, 0.6) is 0 Å². The summed E-state index contributed by atoms with van der Waals surface area (Å²) in [5.74, 6) is 0.879. The predicted molar refractivity (Wildman–Crippen MR) is 102 cm³/mol. The summed E-state index contributed by atoms with van der Waals surface area (Å²) in [4.78, 5) is 28.2. The van der Waals surface area contributed by atoms with Crippen molar-refractivity contribution < 1.29 is 14.7 Å². The second-order valence-electron chi connectivity index (χ2n) is 6.97. The maximum absolute atomic E-state index is 11.4. The van der Waals surface area contributed by atoms with Gasteiger partial charge < -0.3 is 26.4 Å². The highest BCUT2D eigenvalue weighted by Crippen LogP contribution is 2.33. The van der Waals surface area contributed by atoms with Crippen LogP contribution < -0.4 is 16.4 Å². The zero-order valence-electron chi connectivity index (χ0n) is 14.7. The van der Waals surface area contributed by atoms with Crippen molar-refractivity contribution in [3.63, 3.8) is 0 Å². The average Bonchev–Trinajstić information content (AvgIpc) is 3.03. The average molecular weight is 367 g/mol. The summed E-state index contributed by atoms with van der Waals surface area (Å²) in [6, 6.07) is 7.82. The number of carboxylic acid groups (broad SMARTS) is 1. The van der Waals surface area contributed by atoms with E-state index in [0.29, 0.717) is 36.9 Å². The molecule has 1 aromatic carbocycles. The molecule has 4 rings (SSSR count). The van der Waals surface area contributed by atoms with Gasteiger partial charge in [0.15, 0.2) is 0 Å². The number of anilines is 4. The van der Waals surface area contributed by atoms with Crippen LogP contribution >= 0.6 is 0 Å². The van der Waals surface area contributed by atoms with Crippen LogP contribution in [0, 0.1) is 0 Å². The van der Waals surface area contributed by atoms with Crippen LogP contribution in [0.15, 0.2) is 30.5 Å². The van der Waals surface area contributed by atoms with Crippen molar-refractivity contribution in [2.45, 2.75) is 25.2 Å². The number of nitrogens with two attached hydrogens (primary N) is 1. The largest absolute Gasteiger partial charge is 0.465 e. The molecule has 0 radical (unpaired) electrons. The number of rotatable bonds is 3. The lowest BCUT2D eigenvalue weighted by Crippen LogP contribution is -2.36. The number of piperidine rings is 1. The predicted octanol–water partition coefficient (Wildman–Crippen LogP) is 2.76. The Morgan fingerprint density at radius 1 is 1.30 bits per heavy atom. The zero-order chi connectivity index (χ0) is 19.0. The third kappa shape index (κ3) is 3.51. The minimum atomic E-state index is -0.854. The highest BCUT2D eigenvalue weighted by atomic mass is 16.4. The first-order valence-electron chi connectivity index (χ1n) is 8.92. The molecule has 8 heteroatoms. The molecule has 0 aliphatic carbocycles. The third-order valence-electron chi connectivity index (χ3n) is 5.17. The summed E-state index contributed by atoms with van der Waals surface area (Å²) in [5.41, 5.74) is 10.4. The van der Waals surface area contributed by atoms with Gasteiger partial charge in [-0.05, 0) is 42.5 Å². The fourth-order valence-corrected chi connectivity index (χ4v) is 3.68. The molecule has 5 N–H and O–H groups in total. The van der Waals surface area contributed by atoms with Crippen LogP contribution in [0.25, 0.3) is 0 Å². The van der Waals surface area contributed by atoms with E-state index in [1.54, 1.807) is 6.20 Å². The van der Waals surface area contributed by atoms with Crippen LogP contribution in [-0.4, -0.2) is 40.1 Å². The monoisotopic (exact) mass is 367 g/mol. The Morgan fingerprint density at radius 2 is 2.07 bits per heavy atom. The highest BCUT2D eigenvalue weighted by molar-refractivity contribution is 5.98. The van der Waals surface area contributed by atoms with Gasteiger partial charge in [-0.15, -0.1) is 0 Å². The molecule has 1 saturated heterocycles. The molecule has 0 bridgehead atoms. The number of hydrogen-bond donors (Lipinski definition) is 4. The number of carbonyl (C=O) groups excluding carboxylic acids is 1. The molecule has 1 fully saturated rings. The molecule has 0 atom stereocenters. The molecular weight excluding hydrogens is 346 g/mol. The normalized spacial score (nSPS) is 16.7. The molecule has 0 unspecified atom stereocenters. The number of pyridine rings is 1. The van der Waals surface area contributed by atoms with E-state index in [1.807, 2.05) is 24.3 Å². The smallest absolute Gasteiger partial charge is 0.407 e. The van der Waals surface area contributed by atoms with Crippen molar-refractivity contribution in [3.05, 3.63) is 41.6 Å². The summed E-state index contributed by atoms with van der Waals surface area (Å²) in [6.45, 7) is 1.10. The third-order valence-corrected chi connectivity index (χ3v) is 5.17. The molecule has 2 amide bonds. The van der Waals surface area contributed by atoms with Crippen molar-refractivity contribution in [1.82, 2.24) is 9.88 Å². The van der Waals surface area contributed by atoms with Gasteiger partial charge >= 0.3 is 6.09 Å². The molecule has 2 aliphatic rings. The number of nitrogens with one attached hydrogen (secondary N) is 2. The molecular formula is C19H21N5O3. The molecule has 2 aromatic rings. The van der Waals surface area contributed by atoms with Gasteiger partial charge in [-0.2, -0.15) is 0 Å². The Balaban J connectivity index is 1.46. The maximum Gasteiger partial charge on any atom is 0.407 e. The van der Waals surface area contributed by atoms with Gasteiger partial charge in [0.05, 0.1) is 29.7 Å². The summed E-state index contributed by atoms with van der Waals surface area (Å²) in [5, 5.41) is 15.0. The Kier molecular flexibility index (Phi) is 4.31. The minimum absolute atomic E-state index is 0.0486. The highest BCUT2D eigenvalue weighted by Gasteiger charge is 2.24. The quantitative estimate of drug-likeness (QED) is 0.619. The van der Waals surface area contributed by atoms with Crippen molar-refractivity contribution >= 4 is 34.9 Å². The first-order valence-corrected chi connectivity index (χ1v) is 8.92. The van der Waals surface area contributed by atoms with E-state index in [1.165, 1.54) is 4.90 Å². The summed E-state index contributed by atoms with van der Waals surface area (Å²) in [6.07, 6.45) is 2.75. The molecule has 0 saturated carbocycles. The van der Waals surface area contributed by atoms with Crippen LogP contribution in [0.4, 0.5) is 27.7 Å². The van der Waals surface area contributed by atoms with Crippen molar-refractivity contribution in [2.24, 2.45) is 0 Å². The molecule has 140 valence electrons. The number of nitrogen functional groups attached to an aromatic ring is 1. The Labute approximate surface area is 156 Å². The van der Waals surface area contributed by atoms with Gasteiger partial charge in [0.25, 0.3) is 0 Å². The van der Waals surface area contributed by atoms with Gasteiger partial charge in [0.2, 0.25) is 5.91 Å². The van der Waals surface area contributed by atoms with Crippen molar-refractivity contribution in [3.8, 4) is 0 Å². The van der Waals surface area contributed by atoms with Gasteiger partial charge in [-0.1, -0.05) is 6.07 Å². The van der Waals surface area contributed by atoms with Gasteiger partial charge in [0.1, 0.15) is 5.82 Å². The number of carbonyl (C=O) groups is 2. The molecule has 27 heavy (non-hydrogen) atoms. The first kappa shape index (κ1) is 17.1. The number of benzene rings is 1. The molecule has 3 heterocycles. The SMILES string of the molecule is Nc1cc(C2CCN(C(=O)O)CC2)ccc1Nc1cnc2c(c1)CC(=O)N2. The van der Waals surface area contributed by atoms with E-state index in [0.717, 1.165) is 35.3 Å². The fraction of sp³-hybridized carbons (Fsp3) is 0.316. The van der Waals surface area contributed by atoms with E-state index >= 15 is 0 Å². The van der Waals surface area contributed by atoms with Crippen LogP contribution in [0.1, 0.15) is 29.9 Å². The van der Waals surface area contributed by atoms with E-state index in [-0.39, 0.29) is 5.91 Å². The molecule has 0 spiro atoms. The number of aromatic nitrogens is 1. The van der Waals surface area contributed by atoms with Crippen LogP contribution in [0.2, 0.25) is 0 Å². The first-order chi connectivity index (χ1) is 13.0. The van der Waals surface area contributed by atoms with E-state index in [4.69, 9.17) is 10.8 Å². The van der Waals surface area contributed by atoms with Gasteiger partial charge in [-0.25, -0.2) is 9.78 Å². The van der Waals surface area contributed by atoms with Crippen LogP contribution in [0.3, 0.4) is 0 Å². The second kappa shape index (κ2) is 6.79. The lowest BCUT2D eigenvalue weighted by molar-refractivity contribution is -0.115. The number of likely N-dealkylation sites (tertiary alicyclic amines) is 1. The van der Waals surface area contributed by atoms with Crippen molar-refractivity contribution in [1.29, 1.82) is 0 Å². The topological polar surface area (TPSA) is 121 Å². The van der Waals surface area contributed by atoms with Gasteiger partial charge in [0, 0.05) is 18.7 Å². The van der Waals surface area contributed by atoms with Crippen LogP contribution in [-0.2, 0) is 11.2 Å². The van der Waals surface area contributed by atoms with E-state index in [2.05, 4.69) is 15.6 Å². The minimum Gasteiger partial charge on any atom is -0.465 e. The lowest BCUT2D eigenvalue weighted by atomic mass is 9.89. The summed E-state index contributed by atoms with van der Waals surface area (Å²) < 4.78 is 0. The molecule has 8 nitrogen and oxygen atoms in total. The molecule has 1 aromatic heterocycles. The Bertz CT molecular complexity index is 906. The Hall–Kier alpha value is -3.29. The number of amides is 2. The summed E-state index contributed by atoms with van der Waals surface area (Å²) >= 11 is 0. The fourth-order valence-electron chi connectivity index (χ4n) is 3.68. The maximum atomic E-state index is 11.4. The van der Waals surface area contributed by atoms with E-state index < -0.39 is 6.09 Å². The summed E-state index contributed by atoms with van der Waals surface area (Å²) in [7, 11) is 0. The van der Waals surface area contributed by atoms with E-state index in [9.17, 15) is 9.59 Å².